The summed E-state index contributed by atoms with van der Waals surface area (Å²) in [6.45, 7) is 6.44. The van der Waals surface area contributed by atoms with Gasteiger partial charge >= 0.3 is 0 Å². The molecule has 0 saturated heterocycles. The van der Waals surface area contributed by atoms with Crippen molar-refractivity contribution >= 4 is 27.9 Å². The molecule has 3 heterocycles. The van der Waals surface area contributed by atoms with Crippen LogP contribution in [0.1, 0.15) is 26.5 Å². The summed E-state index contributed by atoms with van der Waals surface area (Å²) in [5, 5.41) is 19.3. The lowest BCUT2D eigenvalue weighted by atomic mass is 9.92. The molecule has 3 aromatic heterocycles. The number of halogens is 1. The highest BCUT2D eigenvalue weighted by Crippen LogP contribution is 2.32. The minimum Gasteiger partial charge on any atom is -0.265 e. The first-order valence-electron chi connectivity index (χ1n) is 7.86. The summed E-state index contributed by atoms with van der Waals surface area (Å²) in [7, 11) is 1.93. The third-order valence-corrected chi connectivity index (χ3v) is 5.22. The number of hydrogen-bond donors (Lipinski definition) is 0. The molecule has 0 atom stereocenters. The van der Waals surface area contributed by atoms with Crippen LogP contribution in [0.5, 0.6) is 0 Å². The Kier molecular flexibility index (Phi) is 3.66. The van der Waals surface area contributed by atoms with Crippen molar-refractivity contribution in [2.75, 3.05) is 0 Å². The molecule has 0 N–H and O–H groups in total. The van der Waals surface area contributed by atoms with Gasteiger partial charge in [-0.2, -0.15) is 14.7 Å². The lowest BCUT2D eigenvalue weighted by Gasteiger charge is -2.13. The summed E-state index contributed by atoms with van der Waals surface area (Å²) in [4.78, 5) is 0.725. The van der Waals surface area contributed by atoms with Gasteiger partial charge in [-0.3, -0.25) is 4.68 Å². The molecule has 0 radical (unpaired) electrons. The van der Waals surface area contributed by atoms with Gasteiger partial charge in [0.1, 0.15) is 0 Å². The number of fused-ring (bicyclic) bond motifs is 1. The first kappa shape index (κ1) is 16.2. The highest BCUT2D eigenvalue weighted by molar-refractivity contribution is 7.19. The fourth-order valence-corrected chi connectivity index (χ4v) is 3.67. The molecule has 0 amide bonds. The van der Waals surface area contributed by atoms with Crippen LogP contribution in [0.4, 0.5) is 0 Å². The van der Waals surface area contributed by atoms with Crippen LogP contribution in [-0.4, -0.2) is 29.6 Å². The number of aryl methyl sites for hydroxylation is 1. The van der Waals surface area contributed by atoms with E-state index in [4.69, 9.17) is 16.7 Å². The molecule has 0 saturated carbocycles. The van der Waals surface area contributed by atoms with Crippen molar-refractivity contribution in [1.82, 2.24) is 29.6 Å². The van der Waals surface area contributed by atoms with Crippen molar-refractivity contribution in [1.29, 1.82) is 0 Å². The first-order valence-corrected chi connectivity index (χ1v) is 9.06. The number of hydrogen-bond acceptors (Lipinski definition) is 5. The maximum atomic E-state index is 6.30. The van der Waals surface area contributed by atoms with E-state index < -0.39 is 0 Å². The van der Waals surface area contributed by atoms with Crippen molar-refractivity contribution < 1.29 is 0 Å². The molecular weight excluding hydrogens is 356 g/mol. The molecule has 1 aromatic carbocycles. The van der Waals surface area contributed by atoms with Gasteiger partial charge in [0, 0.05) is 18.0 Å². The van der Waals surface area contributed by atoms with Gasteiger partial charge in [-0.25, -0.2) is 0 Å². The molecule has 25 heavy (non-hydrogen) atoms. The Morgan fingerprint density at radius 1 is 1.08 bits per heavy atom. The average Bonchev–Trinajstić information content (AvgIpc) is 3.20. The molecule has 4 aromatic rings. The lowest BCUT2D eigenvalue weighted by molar-refractivity contribution is 0.553. The normalized spacial score (nSPS) is 12.2. The van der Waals surface area contributed by atoms with Gasteiger partial charge in [0.05, 0.1) is 16.4 Å². The van der Waals surface area contributed by atoms with Crippen molar-refractivity contribution in [3.05, 3.63) is 41.0 Å². The van der Waals surface area contributed by atoms with Crippen molar-refractivity contribution in [2.45, 2.75) is 26.2 Å². The second kappa shape index (κ2) is 5.64. The number of benzene rings is 1. The highest BCUT2D eigenvalue weighted by Gasteiger charge is 2.22. The molecule has 0 aliphatic heterocycles. The van der Waals surface area contributed by atoms with Gasteiger partial charge < -0.3 is 0 Å². The molecule has 128 valence electrons. The van der Waals surface area contributed by atoms with Gasteiger partial charge in [0.25, 0.3) is 0 Å². The van der Waals surface area contributed by atoms with Crippen LogP contribution in [0.3, 0.4) is 0 Å². The first-order chi connectivity index (χ1) is 11.8. The van der Waals surface area contributed by atoms with E-state index in [0.29, 0.717) is 10.8 Å². The zero-order valence-electron chi connectivity index (χ0n) is 14.4. The van der Waals surface area contributed by atoms with Crippen molar-refractivity contribution in [2.24, 2.45) is 7.05 Å². The van der Waals surface area contributed by atoms with E-state index in [9.17, 15) is 0 Å². The Labute approximate surface area is 154 Å². The maximum absolute atomic E-state index is 6.30. The van der Waals surface area contributed by atoms with Gasteiger partial charge in [0.2, 0.25) is 4.96 Å². The Hall–Kier alpha value is -2.25. The average molecular weight is 373 g/mol. The predicted molar refractivity (Wildman–Crippen MR) is 100 cm³/mol. The Bertz CT molecular complexity index is 1070. The van der Waals surface area contributed by atoms with E-state index in [1.165, 1.54) is 11.3 Å². The highest BCUT2D eigenvalue weighted by atomic mass is 35.5. The largest absolute Gasteiger partial charge is 0.265 e. The molecule has 0 bridgehead atoms. The fourth-order valence-electron chi connectivity index (χ4n) is 2.56. The summed E-state index contributed by atoms with van der Waals surface area (Å²) in [6.07, 6.45) is 0. The Morgan fingerprint density at radius 3 is 2.52 bits per heavy atom. The molecular formula is C17H17ClN6S. The molecule has 6 nitrogen and oxygen atoms in total. The van der Waals surface area contributed by atoms with Crippen LogP contribution in [-0.2, 0) is 12.5 Å². The summed E-state index contributed by atoms with van der Waals surface area (Å²) >= 11 is 7.78. The SMILES string of the molecule is Cn1nc(C(C)(C)C)cc1-c1nn2c(-c3ccccc3Cl)nnc2s1. The summed E-state index contributed by atoms with van der Waals surface area (Å²) in [5.41, 5.74) is 2.79. The number of rotatable bonds is 2. The Balaban J connectivity index is 1.84. The van der Waals surface area contributed by atoms with Crippen LogP contribution in [0.2, 0.25) is 5.02 Å². The maximum Gasteiger partial charge on any atom is 0.235 e. The van der Waals surface area contributed by atoms with Crippen molar-refractivity contribution in [3.8, 4) is 22.1 Å². The topological polar surface area (TPSA) is 60.9 Å². The van der Waals surface area contributed by atoms with Crippen LogP contribution in [0, 0.1) is 0 Å². The zero-order valence-corrected chi connectivity index (χ0v) is 15.9. The van der Waals surface area contributed by atoms with Crippen LogP contribution in [0.25, 0.3) is 27.1 Å². The zero-order chi connectivity index (χ0) is 17.8. The molecule has 8 heteroatoms. The smallest absolute Gasteiger partial charge is 0.235 e. The quantitative estimate of drug-likeness (QED) is 0.529. The number of aromatic nitrogens is 6. The van der Waals surface area contributed by atoms with E-state index in [1.54, 1.807) is 4.52 Å². The minimum absolute atomic E-state index is 0.0162. The second-order valence-electron chi connectivity index (χ2n) is 6.89. The number of nitrogens with zero attached hydrogens (tertiary/aromatic N) is 6. The fraction of sp³-hybridized carbons (Fsp3) is 0.294. The third-order valence-electron chi connectivity index (χ3n) is 3.97. The van der Waals surface area contributed by atoms with E-state index in [0.717, 1.165) is 26.9 Å². The molecule has 0 fully saturated rings. The van der Waals surface area contributed by atoms with E-state index >= 15 is 0 Å². The molecule has 0 aliphatic carbocycles. The van der Waals surface area contributed by atoms with Gasteiger partial charge in [0.15, 0.2) is 10.8 Å². The predicted octanol–water partition coefficient (Wildman–Crippen LogP) is 4.20. The van der Waals surface area contributed by atoms with Gasteiger partial charge in [-0.15, -0.1) is 10.2 Å². The minimum atomic E-state index is -0.0162. The van der Waals surface area contributed by atoms with Gasteiger partial charge in [-0.1, -0.05) is 55.8 Å². The summed E-state index contributed by atoms with van der Waals surface area (Å²) < 4.78 is 3.60. The van der Waals surface area contributed by atoms with Crippen LogP contribution < -0.4 is 0 Å². The molecule has 4 rings (SSSR count). The molecule has 0 spiro atoms. The van der Waals surface area contributed by atoms with Crippen molar-refractivity contribution in [3.63, 3.8) is 0 Å². The van der Waals surface area contributed by atoms with E-state index in [1.807, 2.05) is 36.0 Å². The molecule has 0 aliphatic rings. The summed E-state index contributed by atoms with van der Waals surface area (Å²) in [6, 6.07) is 9.65. The van der Waals surface area contributed by atoms with Crippen LogP contribution >= 0.6 is 22.9 Å². The second-order valence-corrected chi connectivity index (χ2v) is 8.26. The van der Waals surface area contributed by atoms with E-state index in [2.05, 4.69) is 42.1 Å². The standard InChI is InChI=1S/C17H17ClN6S/c1-17(2,3)13-9-12(23(4)21-13)15-22-24-14(19-20-16(24)25-15)10-7-5-6-8-11(10)18/h5-9H,1-4H3. The molecule has 0 unspecified atom stereocenters. The Morgan fingerprint density at radius 2 is 1.84 bits per heavy atom. The van der Waals surface area contributed by atoms with E-state index in [-0.39, 0.29) is 5.41 Å². The van der Waals surface area contributed by atoms with Gasteiger partial charge in [-0.05, 0) is 18.2 Å². The summed E-state index contributed by atoms with van der Waals surface area (Å²) in [5.74, 6) is 0.640. The monoisotopic (exact) mass is 372 g/mol. The lowest BCUT2D eigenvalue weighted by Crippen LogP contribution is -2.12. The third kappa shape index (κ3) is 2.73. The van der Waals surface area contributed by atoms with Crippen LogP contribution in [0.15, 0.2) is 30.3 Å².